The molecule has 4 atom stereocenters. The van der Waals surface area contributed by atoms with Gasteiger partial charge in [-0.2, -0.15) is 0 Å². The molecule has 0 amide bonds. The molecule has 7 heterocycles. The summed E-state index contributed by atoms with van der Waals surface area (Å²) in [6.45, 7) is 47.6. The number of nitrogens with zero attached hydrogens (tertiary/aromatic N) is 9. The summed E-state index contributed by atoms with van der Waals surface area (Å²) in [5.41, 5.74) is 9.13. The molecular formula is C123H164N14O7S4. The fraction of sp³-hybridized carbons (Fsp3) is 0.439. The molecule has 6 fully saturated rings. The van der Waals surface area contributed by atoms with Crippen LogP contribution in [0.1, 0.15) is 201 Å². The molecule has 0 radical (unpaired) electrons. The summed E-state index contributed by atoms with van der Waals surface area (Å²) in [4.78, 5) is 113. The number of hydrogen-bond donors (Lipinski definition) is 7. The molecule has 6 aliphatic rings. The normalized spacial score (nSPS) is 17.1. The van der Waals surface area contributed by atoms with Crippen LogP contribution >= 0.6 is 48.4 Å². The Hall–Kier alpha value is -10.3. The van der Waals surface area contributed by atoms with Gasteiger partial charge >= 0.3 is 0 Å². The number of thioether (sulfide) groups is 1. The Morgan fingerprint density at radius 1 is 0.419 bits per heavy atom. The highest BCUT2D eigenvalue weighted by Crippen LogP contribution is 2.35. The minimum atomic E-state index is -0.530. The number of hydrogen-bond acceptors (Lipinski definition) is 25. The summed E-state index contributed by atoms with van der Waals surface area (Å²) < 4.78 is 2.13. The third-order valence-corrected chi connectivity index (χ3v) is 32.6. The second-order valence-corrected chi connectivity index (χ2v) is 44.4. The number of nitrogens with one attached hydrogen (secondary N) is 5. The lowest BCUT2D eigenvalue weighted by Crippen LogP contribution is -2.59. The van der Waals surface area contributed by atoms with E-state index < -0.39 is 27.7 Å². The van der Waals surface area contributed by atoms with Crippen molar-refractivity contribution in [2.45, 2.75) is 188 Å². The predicted octanol–water partition coefficient (Wildman–Crippen LogP) is 21.1. The first kappa shape index (κ1) is 118. The highest BCUT2D eigenvalue weighted by Gasteiger charge is 2.43. The van der Waals surface area contributed by atoms with Crippen molar-refractivity contribution in [1.29, 1.82) is 0 Å². The lowest BCUT2D eigenvalue weighted by atomic mass is 9.80. The zero-order valence-electron chi connectivity index (χ0n) is 90.9. The van der Waals surface area contributed by atoms with E-state index >= 15 is 0 Å². The van der Waals surface area contributed by atoms with Crippen LogP contribution in [0.4, 0.5) is 22.7 Å². The Morgan fingerprint density at radius 3 is 1.28 bits per heavy atom. The second-order valence-electron chi connectivity index (χ2n) is 41.4. The second kappa shape index (κ2) is 57.2. The Morgan fingerprint density at radius 2 is 0.811 bits per heavy atom. The van der Waals surface area contributed by atoms with Crippen LogP contribution in [-0.4, -0.2) is 278 Å². The lowest BCUT2D eigenvalue weighted by Gasteiger charge is -2.42. The average molecular weight is 2080 g/mol. The number of rotatable bonds is 31. The number of ketones is 6. The van der Waals surface area contributed by atoms with Gasteiger partial charge in [0.15, 0.2) is 40.1 Å². The molecule has 0 saturated carbocycles. The van der Waals surface area contributed by atoms with Gasteiger partial charge in [-0.05, 0) is 307 Å². The molecule has 6 saturated heterocycles. The number of fused-ring (bicyclic) bond motifs is 2. The van der Waals surface area contributed by atoms with Gasteiger partial charge in [-0.3, -0.25) is 58.1 Å². The minimum absolute atomic E-state index is 0.0810. The maximum atomic E-state index is 13.6. The van der Waals surface area contributed by atoms with Crippen molar-refractivity contribution in [3.05, 3.63) is 316 Å². The molecule has 792 valence electrons. The molecular weight excluding hydrogens is 1910 g/mol. The number of carbonyl (C=O) groups excluding carboxylic acids is 6. The Balaban J connectivity index is 0.000000165. The number of anilines is 4. The van der Waals surface area contributed by atoms with E-state index in [1.807, 2.05) is 281 Å². The number of piperidine rings is 1. The van der Waals surface area contributed by atoms with Crippen molar-refractivity contribution >= 4 is 126 Å². The molecule has 10 aromatic carbocycles. The fourth-order valence-corrected chi connectivity index (χ4v) is 21.8. The van der Waals surface area contributed by atoms with E-state index in [1.54, 1.807) is 23.1 Å². The molecule has 17 rings (SSSR count). The van der Waals surface area contributed by atoms with E-state index in [4.69, 9.17) is 0 Å². The first-order valence-corrected chi connectivity index (χ1v) is 56.1. The van der Waals surface area contributed by atoms with E-state index in [-0.39, 0.29) is 40.1 Å². The predicted molar refractivity (Wildman–Crippen MR) is 630 cm³/mol. The summed E-state index contributed by atoms with van der Waals surface area (Å²) in [6, 6.07) is 81.9. The van der Waals surface area contributed by atoms with Gasteiger partial charge in [-0.15, -0.1) is 54.9 Å². The van der Waals surface area contributed by atoms with E-state index in [2.05, 4.69) is 194 Å². The number of thiol groups is 2. The van der Waals surface area contributed by atoms with Crippen LogP contribution in [0.3, 0.4) is 0 Å². The van der Waals surface area contributed by atoms with Crippen LogP contribution in [0.15, 0.2) is 281 Å². The fourth-order valence-electron chi connectivity index (χ4n) is 20.1. The van der Waals surface area contributed by atoms with Crippen LogP contribution in [-0.2, 0) is 6.42 Å². The van der Waals surface area contributed by atoms with Gasteiger partial charge < -0.3 is 46.2 Å². The molecule has 0 aliphatic carbocycles. The third kappa shape index (κ3) is 31.7. The Kier molecular flexibility index (Phi) is 45.6. The molecule has 21 nitrogen and oxygen atoms in total. The molecule has 0 spiro atoms. The van der Waals surface area contributed by atoms with Crippen molar-refractivity contribution in [2.24, 2.45) is 0 Å². The number of carbonyl (C=O) groups is 6. The Labute approximate surface area is 902 Å². The van der Waals surface area contributed by atoms with Crippen molar-refractivity contribution in [2.75, 3.05) is 199 Å². The number of likely N-dealkylation sites (tertiary alicyclic amines) is 1. The van der Waals surface area contributed by atoms with Crippen molar-refractivity contribution in [3.63, 3.8) is 0 Å². The smallest absolute Gasteiger partial charge is 0.195 e. The van der Waals surface area contributed by atoms with Crippen molar-refractivity contribution in [1.82, 2.24) is 51.1 Å². The summed E-state index contributed by atoms with van der Waals surface area (Å²) >= 11 is 11.9. The molecule has 6 aliphatic heterocycles. The molecule has 0 bridgehead atoms. The lowest BCUT2D eigenvalue weighted by molar-refractivity contribution is 0.0551. The number of benzene rings is 10. The van der Waals surface area contributed by atoms with Crippen LogP contribution in [0, 0.1) is 0 Å². The highest BCUT2D eigenvalue weighted by atomic mass is 32.2. The molecule has 5 N–H and O–H groups in total. The summed E-state index contributed by atoms with van der Waals surface area (Å²) in [5, 5.41) is 18.7. The highest BCUT2D eigenvalue weighted by molar-refractivity contribution is 7.98. The Bertz CT molecular complexity index is 6090. The first-order chi connectivity index (χ1) is 71.0. The zero-order valence-corrected chi connectivity index (χ0v) is 94.3. The van der Waals surface area contributed by atoms with Crippen molar-refractivity contribution < 1.29 is 28.8 Å². The molecule has 148 heavy (non-hydrogen) atoms. The topological polar surface area (TPSA) is 209 Å². The van der Waals surface area contributed by atoms with Gasteiger partial charge in [0, 0.05) is 226 Å². The van der Waals surface area contributed by atoms with Crippen LogP contribution in [0.5, 0.6) is 0 Å². The van der Waals surface area contributed by atoms with Crippen LogP contribution in [0.2, 0.25) is 0 Å². The van der Waals surface area contributed by atoms with Gasteiger partial charge in [-0.25, -0.2) is 0 Å². The monoisotopic (exact) mass is 2080 g/mol. The molecule has 4 unspecified atom stereocenters. The van der Waals surface area contributed by atoms with E-state index in [0.29, 0.717) is 18.5 Å². The number of Topliss-reactive ketones (excluding diaryl/α,β-unsaturated/α-hetero) is 5. The van der Waals surface area contributed by atoms with Gasteiger partial charge in [0.1, 0.15) is 0 Å². The van der Waals surface area contributed by atoms with Crippen molar-refractivity contribution in [3.8, 4) is 0 Å². The number of piperazine rings is 5. The quantitative estimate of drug-likeness (QED) is 0.00708. The largest absolute Gasteiger partial charge is 0.369 e. The average Bonchev–Trinajstić information content (AvgIpc) is 0.768. The first-order valence-electron chi connectivity index (χ1n) is 53.2. The SMILES string of the molecule is C=CCC(CC)(C(=O)c1ccc(S)cc1)N(C)C.CC(C)(C(=O)c1ccc(S)cc1)N1CCCCC1.CC1CN(c2ccc(C(=O)C(C)(C)N3CCNC(C)C3)cc2)CCN1.CCC(Cc1ccccc1)(C(=O)c1ccc(N2CCNCC2)cc1)N(C)C.CCCCN(C)C(C)(C)C(=O)c1ccc(SC)cc1.O=C(c1ccccc1)c1ccc(N2CCNCC2)cc1.O=c1c2ccccc2sc2ccc(N3CCNCC3)cc12. The standard InChI is InChI=1S/C23H31N3O.C20H32N4O.C17H16N2OS.C17H18N2O.C16H25NOS.2C15H21NOS/c1-4-23(25(2)3,18-19-8-6-5-7-9-19)22(27)20-10-12-21(13-11-20)26-16-14-24-15-17-26;1-15-13-23(11-9-21-15)18-7-5-17(6-8-18)19(25)20(3,4)24-12-10-22-16(2)14-24;20-17-13-3-1-2-4-15(13)21-16-6-5-12(11-14(16)17)19-9-7-18-8-10-19;20-17(14-4-2-1-3-5-14)15-6-8-16(9-7-15)19-12-10-18-11-13-19;1-6-7-12-17(4)16(2,3)15(18)13-8-10-14(19-5)11-9-13;1-15(2,16-10-4-3-5-11-16)14(17)12-6-8-13(18)9-7-12;1-5-11-15(6-2,16(3)4)14(17)12-7-9-13(18)10-8-12/h5-13,24H,4,14-18H2,1-3H3;5-8,15-16,21-22H,9-14H2,1-4H3;1-6,11,18H,7-10H2;1-9,18H,10-13H2;8-11H,6-7,12H2,1-5H3;6-9,18H,3-5,10-11H2,1-2H3;5,7-10,18H,1,6,11H2,2-4H3. The van der Waals surface area contributed by atoms with Gasteiger partial charge in [0.05, 0.1) is 27.7 Å². The van der Waals surface area contributed by atoms with Gasteiger partial charge in [-0.1, -0.05) is 149 Å². The van der Waals surface area contributed by atoms with E-state index in [0.717, 1.165) is 244 Å². The third-order valence-electron chi connectivity index (χ3n) is 30.1. The van der Waals surface area contributed by atoms with Crippen LogP contribution < -0.4 is 51.6 Å². The zero-order chi connectivity index (χ0) is 107. The minimum Gasteiger partial charge on any atom is -0.369 e. The number of likely N-dealkylation sites (N-methyl/N-ethyl adjacent to an activating group) is 3. The van der Waals surface area contributed by atoms with Gasteiger partial charge in [0.25, 0.3) is 0 Å². The molecule has 1 aromatic heterocycles. The van der Waals surface area contributed by atoms with E-state index in [9.17, 15) is 33.6 Å². The maximum Gasteiger partial charge on any atom is 0.195 e. The maximum absolute atomic E-state index is 13.6. The number of unbranched alkanes of at least 4 members (excludes halogenated alkanes) is 1. The summed E-state index contributed by atoms with van der Waals surface area (Å²) in [5.74, 6) is 1.03. The molecule has 11 aromatic rings. The summed E-state index contributed by atoms with van der Waals surface area (Å²) in [6.07, 6.45) is 12.7. The summed E-state index contributed by atoms with van der Waals surface area (Å²) in [7, 11) is 9.94. The van der Waals surface area contributed by atoms with E-state index in [1.165, 1.54) is 46.8 Å². The van der Waals surface area contributed by atoms with Gasteiger partial charge in [0.2, 0.25) is 0 Å². The van der Waals surface area contributed by atoms with Crippen LogP contribution in [0.25, 0.3) is 20.2 Å². The molecule has 25 heteroatoms.